The van der Waals surface area contributed by atoms with Gasteiger partial charge in [0.05, 0.1) is 6.10 Å². The molecule has 0 saturated carbocycles. The van der Waals surface area contributed by atoms with Gasteiger partial charge in [-0.15, -0.1) is 0 Å². The van der Waals surface area contributed by atoms with E-state index in [0.717, 1.165) is 12.2 Å². The van der Waals surface area contributed by atoms with E-state index in [1.807, 2.05) is 29.2 Å². The van der Waals surface area contributed by atoms with Gasteiger partial charge < -0.3 is 15.3 Å². The first kappa shape index (κ1) is 16.5. The quantitative estimate of drug-likeness (QED) is 0.908. The first-order valence-electron chi connectivity index (χ1n) is 8.48. The molecule has 2 aromatic carbocycles. The second-order valence-electron chi connectivity index (χ2n) is 6.45. The fourth-order valence-corrected chi connectivity index (χ4v) is 3.04. The molecular formula is C20H24N2O2. The van der Waals surface area contributed by atoms with E-state index in [1.54, 1.807) is 0 Å². The first-order chi connectivity index (χ1) is 11.6. The number of aliphatic hydroxyl groups is 1. The predicted octanol–water partition coefficient (Wildman–Crippen LogP) is 3.20. The third kappa shape index (κ3) is 4.15. The van der Waals surface area contributed by atoms with Crippen LogP contribution in [0.3, 0.4) is 0 Å². The molecule has 0 unspecified atom stereocenters. The predicted molar refractivity (Wildman–Crippen MR) is 96.1 cm³/mol. The molecule has 0 aromatic heterocycles. The number of piperidine rings is 1. The number of anilines is 1. The molecule has 1 aliphatic heterocycles. The highest BCUT2D eigenvalue weighted by Crippen LogP contribution is 2.17. The Morgan fingerprint density at radius 2 is 1.92 bits per heavy atom. The Balaban J connectivity index is 1.64. The standard InChI is InChI=1S/C20H24N2O2/c1-15-4-2-5-16(12-15)14-21-18-7-3-6-17(13-18)20(24)22-10-8-19(23)9-11-22/h2-7,12-13,19,21,23H,8-11,14H2,1H3. The van der Waals surface area contributed by atoms with E-state index in [-0.39, 0.29) is 12.0 Å². The molecule has 1 heterocycles. The molecule has 1 fully saturated rings. The van der Waals surface area contributed by atoms with Crippen molar-refractivity contribution in [3.8, 4) is 0 Å². The highest BCUT2D eigenvalue weighted by atomic mass is 16.3. The Morgan fingerprint density at radius 1 is 1.17 bits per heavy atom. The first-order valence-corrected chi connectivity index (χ1v) is 8.48. The number of aryl methyl sites for hydroxylation is 1. The molecule has 24 heavy (non-hydrogen) atoms. The van der Waals surface area contributed by atoms with Crippen LogP contribution in [0.15, 0.2) is 48.5 Å². The highest BCUT2D eigenvalue weighted by molar-refractivity contribution is 5.95. The molecule has 0 aliphatic carbocycles. The highest BCUT2D eigenvalue weighted by Gasteiger charge is 2.22. The Kier molecular flexibility index (Phi) is 5.16. The van der Waals surface area contributed by atoms with Crippen molar-refractivity contribution in [1.82, 2.24) is 4.90 Å². The molecular weight excluding hydrogens is 300 g/mol. The number of amides is 1. The van der Waals surface area contributed by atoms with Crippen molar-refractivity contribution in [3.63, 3.8) is 0 Å². The lowest BCUT2D eigenvalue weighted by Crippen LogP contribution is -2.40. The molecule has 3 rings (SSSR count). The van der Waals surface area contributed by atoms with Gasteiger partial charge in [-0.05, 0) is 43.5 Å². The van der Waals surface area contributed by atoms with Gasteiger partial charge in [-0.1, -0.05) is 35.9 Å². The molecule has 126 valence electrons. The summed E-state index contributed by atoms with van der Waals surface area (Å²) in [5, 5.41) is 13.0. The van der Waals surface area contributed by atoms with Crippen molar-refractivity contribution < 1.29 is 9.90 Å². The zero-order valence-corrected chi connectivity index (χ0v) is 14.0. The van der Waals surface area contributed by atoms with Crippen LogP contribution >= 0.6 is 0 Å². The molecule has 0 bridgehead atoms. The van der Waals surface area contributed by atoms with Crippen LogP contribution in [-0.4, -0.2) is 35.1 Å². The van der Waals surface area contributed by atoms with Crippen molar-refractivity contribution in [2.75, 3.05) is 18.4 Å². The number of carbonyl (C=O) groups excluding carboxylic acids is 1. The lowest BCUT2D eigenvalue weighted by atomic mass is 10.1. The third-order valence-corrected chi connectivity index (χ3v) is 4.44. The summed E-state index contributed by atoms with van der Waals surface area (Å²) in [4.78, 5) is 14.4. The smallest absolute Gasteiger partial charge is 0.253 e. The molecule has 1 saturated heterocycles. The van der Waals surface area contributed by atoms with Crippen molar-refractivity contribution >= 4 is 11.6 Å². The van der Waals surface area contributed by atoms with E-state index in [4.69, 9.17) is 0 Å². The van der Waals surface area contributed by atoms with Gasteiger partial charge in [0.15, 0.2) is 0 Å². The van der Waals surface area contributed by atoms with Gasteiger partial charge in [0.25, 0.3) is 5.91 Å². The minimum atomic E-state index is -0.267. The normalized spacial score (nSPS) is 15.3. The number of likely N-dealkylation sites (tertiary alicyclic amines) is 1. The summed E-state index contributed by atoms with van der Waals surface area (Å²) in [5.74, 6) is 0.0427. The maximum Gasteiger partial charge on any atom is 0.253 e. The minimum absolute atomic E-state index is 0.0427. The Labute approximate surface area is 143 Å². The van der Waals surface area contributed by atoms with E-state index in [2.05, 4.69) is 36.5 Å². The van der Waals surface area contributed by atoms with E-state index >= 15 is 0 Å². The van der Waals surface area contributed by atoms with Crippen molar-refractivity contribution in [3.05, 3.63) is 65.2 Å². The molecule has 4 nitrogen and oxygen atoms in total. The summed E-state index contributed by atoms with van der Waals surface area (Å²) in [5.41, 5.74) is 4.10. The summed E-state index contributed by atoms with van der Waals surface area (Å²) in [7, 11) is 0. The van der Waals surface area contributed by atoms with Crippen LogP contribution < -0.4 is 5.32 Å². The van der Waals surface area contributed by atoms with E-state index in [9.17, 15) is 9.90 Å². The van der Waals surface area contributed by atoms with Gasteiger partial charge in [0.2, 0.25) is 0 Å². The largest absolute Gasteiger partial charge is 0.393 e. The molecule has 0 spiro atoms. The molecule has 4 heteroatoms. The number of aliphatic hydroxyl groups excluding tert-OH is 1. The van der Waals surface area contributed by atoms with Crippen LogP contribution in [0.5, 0.6) is 0 Å². The summed E-state index contributed by atoms with van der Waals surface area (Å²) in [6.45, 7) is 4.06. The maximum absolute atomic E-state index is 12.6. The van der Waals surface area contributed by atoms with Crippen molar-refractivity contribution in [1.29, 1.82) is 0 Å². The lowest BCUT2D eigenvalue weighted by Gasteiger charge is -2.29. The number of hydrogen-bond acceptors (Lipinski definition) is 3. The summed E-state index contributed by atoms with van der Waals surface area (Å²) in [6.07, 6.45) is 1.06. The molecule has 0 atom stereocenters. The number of benzene rings is 2. The van der Waals surface area contributed by atoms with Crippen LogP contribution in [0.1, 0.15) is 34.3 Å². The molecule has 2 N–H and O–H groups in total. The zero-order chi connectivity index (χ0) is 16.9. The monoisotopic (exact) mass is 324 g/mol. The van der Waals surface area contributed by atoms with Crippen LogP contribution in [0.25, 0.3) is 0 Å². The number of carbonyl (C=O) groups is 1. The summed E-state index contributed by atoms with van der Waals surface area (Å²) >= 11 is 0. The van der Waals surface area contributed by atoms with E-state index < -0.39 is 0 Å². The number of nitrogens with one attached hydrogen (secondary N) is 1. The van der Waals surface area contributed by atoms with Crippen LogP contribution in [-0.2, 0) is 6.54 Å². The van der Waals surface area contributed by atoms with Crippen LogP contribution in [0, 0.1) is 6.92 Å². The SMILES string of the molecule is Cc1cccc(CNc2cccc(C(=O)N3CCC(O)CC3)c2)c1. The van der Waals surface area contributed by atoms with E-state index in [1.165, 1.54) is 11.1 Å². The fraction of sp³-hybridized carbons (Fsp3) is 0.350. The Morgan fingerprint density at radius 3 is 2.67 bits per heavy atom. The van der Waals surface area contributed by atoms with Gasteiger partial charge in [-0.25, -0.2) is 0 Å². The van der Waals surface area contributed by atoms with E-state index in [0.29, 0.717) is 31.5 Å². The third-order valence-electron chi connectivity index (χ3n) is 4.44. The molecule has 2 aromatic rings. The maximum atomic E-state index is 12.6. The summed E-state index contributed by atoms with van der Waals surface area (Å²) < 4.78 is 0. The average Bonchev–Trinajstić information content (AvgIpc) is 2.60. The Bertz CT molecular complexity index is 706. The zero-order valence-electron chi connectivity index (χ0n) is 14.0. The number of nitrogens with zero attached hydrogens (tertiary/aromatic N) is 1. The topological polar surface area (TPSA) is 52.6 Å². The lowest BCUT2D eigenvalue weighted by molar-refractivity contribution is 0.0546. The second kappa shape index (κ2) is 7.49. The van der Waals surface area contributed by atoms with Gasteiger partial charge in [-0.3, -0.25) is 4.79 Å². The second-order valence-corrected chi connectivity index (χ2v) is 6.45. The average molecular weight is 324 g/mol. The summed E-state index contributed by atoms with van der Waals surface area (Å²) in [6, 6.07) is 16.0. The number of rotatable bonds is 4. The number of hydrogen-bond donors (Lipinski definition) is 2. The van der Waals surface area contributed by atoms with Crippen LogP contribution in [0.4, 0.5) is 5.69 Å². The van der Waals surface area contributed by atoms with Gasteiger partial charge in [0, 0.05) is 30.9 Å². The van der Waals surface area contributed by atoms with Gasteiger partial charge in [-0.2, -0.15) is 0 Å². The fourth-order valence-electron chi connectivity index (χ4n) is 3.04. The van der Waals surface area contributed by atoms with Gasteiger partial charge >= 0.3 is 0 Å². The molecule has 1 aliphatic rings. The molecule has 1 amide bonds. The molecule has 0 radical (unpaired) electrons. The van der Waals surface area contributed by atoms with Crippen molar-refractivity contribution in [2.24, 2.45) is 0 Å². The minimum Gasteiger partial charge on any atom is -0.393 e. The van der Waals surface area contributed by atoms with Gasteiger partial charge in [0.1, 0.15) is 0 Å². The van der Waals surface area contributed by atoms with Crippen molar-refractivity contribution in [2.45, 2.75) is 32.4 Å². The van der Waals surface area contributed by atoms with Crippen LogP contribution in [0.2, 0.25) is 0 Å². The Hall–Kier alpha value is -2.33.